The van der Waals surface area contributed by atoms with Crippen molar-refractivity contribution in [3.63, 3.8) is 0 Å². The summed E-state index contributed by atoms with van der Waals surface area (Å²) in [6.07, 6.45) is 7.33. The van der Waals surface area contributed by atoms with Crippen molar-refractivity contribution in [1.29, 1.82) is 0 Å². The molecule has 1 aromatic rings. The molecule has 0 fully saturated rings. The molecule has 0 spiro atoms. The first-order valence-corrected chi connectivity index (χ1v) is 9.33. The number of anilines is 1. The third-order valence-electron chi connectivity index (χ3n) is 3.78. The van der Waals surface area contributed by atoms with Gasteiger partial charge in [0, 0.05) is 12.1 Å². The molecule has 0 aliphatic carbocycles. The van der Waals surface area contributed by atoms with E-state index in [-0.39, 0.29) is 12.0 Å². The topological polar surface area (TPSA) is 50.4 Å². The third-order valence-corrected chi connectivity index (χ3v) is 3.99. The molecule has 1 aromatic carbocycles. The number of carbonyl (C=O) groups is 1. The van der Waals surface area contributed by atoms with Gasteiger partial charge in [0.2, 0.25) is 5.91 Å². The highest BCUT2D eigenvalue weighted by molar-refractivity contribution is 7.80. The summed E-state index contributed by atoms with van der Waals surface area (Å²) < 4.78 is 5.73. The fraction of sp³-hybridized carbons (Fsp3) is 0.579. The maximum absolute atomic E-state index is 11.8. The maximum Gasteiger partial charge on any atom is 0.226 e. The average Bonchev–Trinajstić information content (AvgIpc) is 2.56. The molecule has 134 valence electrons. The molecule has 1 rings (SSSR count). The van der Waals surface area contributed by atoms with Crippen LogP contribution in [0.15, 0.2) is 24.3 Å². The minimum atomic E-state index is -0.0271. The van der Waals surface area contributed by atoms with Crippen molar-refractivity contribution in [2.75, 3.05) is 5.32 Å². The quantitative estimate of drug-likeness (QED) is 0.458. The molecule has 1 amide bonds. The van der Waals surface area contributed by atoms with E-state index in [0.29, 0.717) is 11.5 Å². The van der Waals surface area contributed by atoms with E-state index in [4.69, 9.17) is 17.0 Å². The van der Waals surface area contributed by atoms with Crippen LogP contribution in [0.4, 0.5) is 5.69 Å². The zero-order chi connectivity index (χ0) is 17.8. The molecular weight excluding hydrogens is 320 g/mol. The van der Waals surface area contributed by atoms with Gasteiger partial charge in [-0.15, -0.1) is 0 Å². The van der Waals surface area contributed by atoms with Crippen LogP contribution in [-0.2, 0) is 4.79 Å². The Hall–Kier alpha value is -1.62. The second-order valence-corrected chi connectivity index (χ2v) is 6.44. The van der Waals surface area contributed by atoms with E-state index in [1.54, 1.807) is 0 Å². The Morgan fingerprint density at radius 2 is 1.79 bits per heavy atom. The van der Waals surface area contributed by atoms with Gasteiger partial charge in [-0.3, -0.25) is 4.79 Å². The number of nitrogens with one attached hydrogen (secondary N) is 2. The Balaban J connectivity index is 2.30. The average molecular weight is 351 g/mol. The molecule has 24 heavy (non-hydrogen) atoms. The van der Waals surface area contributed by atoms with Crippen molar-refractivity contribution < 1.29 is 9.53 Å². The summed E-state index contributed by atoms with van der Waals surface area (Å²) in [6.45, 7) is 6.31. The van der Waals surface area contributed by atoms with E-state index < -0.39 is 0 Å². The van der Waals surface area contributed by atoms with Crippen LogP contribution in [-0.4, -0.2) is 17.1 Å². The van der Waals surface area contributed by atoms with Crippen molar-refractivity contribution >= 4 is 28.9 Å². The fourth-order valence-corrected chi connectivity index (χ4v) is 2.40. The van der Waals surface area contributed by atoms with E-state index in [1.807, 2.05) is 31.2 Å². The largest absolute Gasteiger partial charge is 0.491 e. The van der Waals surface area contributed by atoms with Crippen LogP contribution in [0.5, 0.6) is 5.75 Å². The summed E-state index contributed by atoms with van der Waals surface area (Å²) in [6, 6.07) is 7.57. The molecule has 0 aliphatic rings. The van der Waals surface area contributed by atoms with E-state index in [0.717, 1.165) is 30.7 Å². The highest BCUT2D eigenvalue weighted by Gasteiger charge is 2.05. The van der Waals surface area contributed by atoms with E-state index in [1.165, 1.54) is 19.3 Å². The minimum Gasteiger partial charge on any atom is -0.491 e. The zero-order valence-corrected chi connectivity index (χ0v) is 15.9. The van der Waals surface area contributed by atoms with E-state index in [9.17, 15) is 4.79 Å². The molecule has 0 heterocycles. The van der Waals surface area contributed by atoms with Crippen LogP contribution >= 0.6 is 12.2 Å². The van der Waals surface area contributed by atoms with Crippen LogP contribution in [0.1, 0.15) is 65.7 Å². The molecule has 0 saturated heterocycles. The summed E-state index contributed by atoms with van der Waals surface area (Å²) in [5.41, 5.74) is 0.833. The second kappa shape index (κ2) is 11.8. The molecule has 4 nitrogen and oxygen atoms in total. The van der Waals surface area contributed by atoms with Crippen LogP contribution in [0.25, 0.3) is 0 Å². The molecule has 1 unspecified atom stereocenters. The summed E-state index contributed by atoms with van der Waals surface area (Å²) >= 11 is 5.18. The summed E-state index contributed by atoms with van der Waals surface area (Å²) in [7, 11) is 0. The number of thiocarbonyl (C=S) groups is 1. The SMILES string of the molecule is CCCCCCCC(=O)NC(=S)Nc1ccc(OC(C)CC)cc1. The van der Waals surface area contributed by atoms with Crippen LogP contribution in [0.3, 0.4) is 0 Å². The summed E-state index contributed by atoms with van der Waals surface area (Å²) in [5.74, 6) is 0.803. The number of hydrogen-bond donors (Lipinski definition) is 2. The first-order chi connectivity index (χ1) is 11.5. The zero-order valence-electron chi connectivity index (χ0n) is 15.1. The number of hydrogen-bond acceptors (Lipinski definition) is 3. The van der Waals surface area contributed by atoms with Gasteiger partial charge in [-0.05, 0) is 56.2 Å². The van der Waals surface area contributed by atoms with Crippen molar-refractivity contribution in [3.8, 4) is 5.75 Å². The van der Waals surface area contributed by atoms with Crippen molar-refractivity contribution in [1.82, 2.24) is 5.32 Å². The Bertz CT molecular complexity index is 503. The smallest absolute Gasteiger partial charge is 0.226 e. The number of rotatable bonds is 10. The predicted octanol–water partition coefficient (Wildman–Crippen LogP) is 5.04. The van der Waals surface area contributed by atoms with Gasteiger partial charge in [0.05, 0.1) is 6.10 Å². The summed E-state index contributed by atoms with van der Waals surface area (Å²) in [4.78, 5) is 11.8. The summed E-state index contributed by atoms with van der Waals surface area (Å²) in [5, 5.41) is 6.08. The Morgan fingerprint density at radius 1 is 1.12 bits per heavy atom. The number of unbranched alkanes of at least 4 members (excludes halogenated alkanes) is 4. The van der Waals surface area contributed by atoms with Crippen LogP contribution in [0.2, 0.25) is 0 Å². The highest BCUT2D eigenvalue weighted by Crippen LogP contribution is 2.17. The lowest BCUT2D eigenvalue weighted by molar-refractivity contribution is -0.119. The normalized spacial score (nSPS) is 11.6. The lowest BCUT2D eigenvalue weighted by atomic mass is 10.1. The molecule has 5 heteroatoms. The van der Waals surface area contributed by atoms with Crippen molar-refractivity contribution in [3.05, 3.63) is 24.3 Å². The van der Waals surface area contributed by atoms with Gasteiger partial charge in [-0.1, -0.05) is 39.5 Å². The fourth-order valence-electron chi connectivity index (χ4n) is 2.17. The van der Waals surface area contributed by atoms with Gasteiger partial charge in [-0.2, -0.15) is 0 Å². The molecule has 0 bridgehead atoms. The number of ether oxygens (including phenoxy) is 1. The maximum atomic E-state index is 11.8. The van der Waals surface area contributed by atoms with E-state index >= 15 is 0 Å². The van der Waals surface area contributed by atoms with Crippen LogP contribution in [0, 0.1) is 0 Å². The highest BCUT2D eigenvalue weighted by atomic mass is 32.1. The minimum absolute atomic E-state index is 0.0271. The van der Waals surface area contributed by atoms with E-state index in [2.05, 4.69) is 24.5 Å². The van der Waals surface area contributed by atoms with Gasteiger partial charge in [0.15, 0.2) is 5.11 Å². The first-order valence-electron chi connectivity index (χ1n) is 8.92. The molecule has 0 radical (unpaired) electrons. The number of amides is 1. The monoisotopic (exact) mass is 350 g/mol. The lowest BCUT2D eigenvalue weighted by Gasteiger charge is -2.13. The van der Waals surface area contributed by atoms with Crippen LogP contribution < -0.4 is 15.4 Å². The third kappa shape index (κ3) is 8.87. The Kier molecular flexibility index (Phi) is 10.1. The molecule has 0 saturated carbocycles. The second-order valence-electron chi connectivity index (χ2n) is 6.03. The van der Waals surface area contributed by atoms with Crippen molar-refractivity contribution in [2.24, 2.45) is 0 Å². The van der Waals surface area contributed by atoms with Crippen molar-refractivity contribution in [2.45, 2.75) is 71.8 Å². The lowest BCUT2D eigenvalue weighted by Crippen LogP contribution is -2.33. The Labute approximate surface area is 151 Å². The Morgan fingerprint density at radius 3 is 2.42 bits per heavy atom. The first kappa shape index (κ1) is 20.4. The number of carbonyl (C=O) groups excluding carboxylic acids is 1. The molecular formula is C19H30N2O2S. The predicted molar refractivity (Wildman–Crippen MR) is 105 cm³/mol. The van der Waals surface area contributed by atoms with Gasteiger partial charge in [0.25, 0.3) is 0 Å². The van der Waals surface area contributed by atoms with Gasteiger partial charge >= 0.3 is 0 Å². The molecule has 0 aromatic heterocycles. The standard InChI is InChI=1S/C19H30N2O2S/c1-4-6-7-8-9-10-18(22)21-19(24)20-16-11-13-17(14-12-16)23-15(3)5-2/h11-15H,4-10H2,1-3H3,(H2,20,21,22,24). The van der Waals surface area contributed by atoms with Gasteiger partial charge in [-0.25, -0.2) is 0 Å². The molecule has 2 N–H and O–H groups in total. The number of benzene rings is 1. The van der Waals surface area contributed by atoms with Gasteiger partial charge < -0.3 is 15.4 Å². The molecule has 0 aliphatic heterocycles. The molecule has 1 atom stereocenters. The van der Waals surface area contributed by atoms with Gasteiger partial charge in [0.1, 0.15) is 5.75 Å².